The minimum absolute atomic E-state index is 0.0223. The Bertz CT molecular complexity index is 1360. The van der Waals surface area contributed by atoms with Crippen molar-refractivity contribution < 1.29 is 14.0 Å². The van der Waals surface area contributed by atoms with Crippen LogP contribution >= 0.6 is 0 Å². The van der Waals surface area contributed by atoms with E-state index < -0.39 is 6.04 Å². The van der Waals surface area contributed by atoms with Crippen molar-refractivity contribution in [3.63, 3.8) is 0 Å². The van der Waals surface area contributed by atoms with Crippen LogP contribution in [-0.4, -0.2) is 22.6 Å². The summed E-state index contributed by atoms with van der Waals surface area (Å²) >= 11 is 0. The maximum Gasteiger partial charge on any atom is 0.251 e. The molecule has 2 amide bonds. The summed E-state index contributed by atoms with van der Waals surface area (Å²) in [7, 11) is 0. The summed E-state index contributed by atoms with van der Waals surface area (Å²) in [5, 5.41) is 7.09. The van der Waals surface area contributed by atoms with Crippen LogP contribution in [-0.2, 0) is 4.79 Å². The van der Waals surface area contributed by atoms with Gasteiger partial charge in [-0.2, -0.15) is 5.10 Å². The van der Waals surface area contributed by atoms with Crippen molar-refractivity contribution in [3.8, 4) is 5.69 Å². The molecule has 0 aliphatic heterocycles. The quantitative estimate of drug-likeness (QED) is 0.266. The number of benzene rings is 3. The van der Waals surface area contributed by atoms with Crippen LogP contribution in [0.5, 0.6) is 0 Å². The van der Waals surface area contributed by atoms with Crippen LogP contribution in [0, 0.1) is 19.7 Å². The fourth-order valence-electron chi connectivity index (χ4n) is 4.08. The lowest BCUT2D eigenvalue weighted by Gasteiger charge is -2.18. The molecule has 1 atom stereocenters. The van der Waals surface area contributed by atoms with Crippen molar-refractivity contribution in [2.24, 2.45) is 5.10 Å². The molecular formula is C29H27FN4O2. The first-order valence-electron chi connectivity index (χ1n) is 11.6. The second kappa shape index (κ2) is 11.3. The zero-order chi connectivity index (χ0) is 25.5. The van der Waals surface area contributed by atoms with E-state index in [-0.39, 0.29) is 24.1 Å². The molecule has 0 bridgehead atoms. The molecule has 7 heteroatoms. The van der Waals surface area contributed by atoms with Crippen LogP contribution in [0.4, 0.5) is 4.39 Å². The number of halogens is 1. The molecule has 4 aromatic rings. The van der Waals surface area contributed by atoms with E-state index in [4.69, 9.17) is 0 Å². The third-order valence-electron chi connectivity index (χ3n) is 5.88. The van der Waals surface area contributed by atoms with Gasteiger partial charge in [-0.1, -0.05) is 48.5 Å². The summed E-state index contributed by atoms with van der Waals surface area (Å²) in [6.07, 6.45) is 1.61. The molecule has 0 saturated carbocycles. The second-order valence-electron chi connectivity index (χ2n) is 8.44. The third kappa shape index (κ3) is 5.93. The normalized spacial score (nSPS) is 11.9. The Hall–Kier alpha value is -4.52. The lowest BCUT2D eigenvalue weighted by Crippen LogP contribution is -2.32. The predicted octanol–water partition coefficient (Wildman–Crippen LogP) is 5.24. The van der Waals surface area contributed by atoms with Crippen molar-refractivity contribution in [2.75, 3.05) is 0 Å². The molecule has 0 saturated heterocycles. The van der Waals surface area contributed by atoms with Crippen LogP contribution in [0.1, 0.15) is 45.3 Å². The Labute approximate surface area is 209 Å². The molecule has 182 valence electrons. The fraction of sp³-hybridized carbons (Fsp3) is 0.138. The molecule has 0 aliphatic rings. The molecule has 6 nitrogen and oxygen atoms in total. The minimum atomic E-state index is -0.516. The topological polar surface area (TPSA) is 75.5 Å². The van der Waals surface area contributed by atoms with Gasteiger partial charge in [0.2, 0.25) is 5.91 Å². The number of hydrogen-bond donors (Lipinski definition) is 2. The van der Waals surface area contributed by atoms with Gasteiger partial charge in [-0.05, 0) is 61.9 Å². The molecule has 0 radical (unpaired) electrons. The van der Waals surface area contributed by atoms with Gasteiger partial charge in [-0.15, -0.1) is 0 Å². The van der Waals surface area contributed by atoms with Crippen LogP contribution in [0.3, 0.4) is 0 Å². The Balaban J connectivity index is 1.44. The Morgan fingerprint density at radius 1 is 0.944 bits per heavy atom. The van der Waals surface area contributed by atoms with Gasteiger partial charge < -0.3 is 9.88 Å². The number of nitrogens with zero attached hydrogens (tertiary/aromatic N) is 2. The van der Waals surface area contributed by atoms with Crippen LogP contribution < -0.4 is 10.7 Å². The zero-order valence-electron chi connectivity index (χ0n) is 20.1. The van der Waals surface area contributed by atoms with Crippen molar-refractivity contribution >= 4 is 18.0 Å². The number of rotatable bonds is 8. The van der Waals surface area contributed by atoms with Crippen LogP contribution in [0.25, 0.3) is 5.69 Å². The van der Waals surface area contributed by atoms with Gasteiger partial charge in [0.05, 0.1) is 18.7 Å². The van der Waals surface area contributed by atoms with E-state index >= 15 is 0 Å². The van der Waals surface area contributed by atoms with Gasteiger partial charge >= 0.3 is 0 Å². The SMILES string of the molecule is Cc1cc(/C=N\NC(=O)C[C@H](NC(=O)c2ccccc2)c2ccccc2)c(C)n1-c1ccc(F)cc1. The third-order valence-corrected chi connectivity index (χ3v) is 5.88. The van der Waals surface area contributed by atoms with Crippen molar-refractivity contribution in [1.29, 1.82) is 0 Å². The monoisotopic (exact) mass is 482 g/mol. The first-order valence-corrected chi connectivity index (χ1v) is 11.6. The molecular weight excluding hydrogens is 455 g/mol. The molecule has 3 aromatic carbocycles. The maximum atomic E-state index is 13.3. The lowest BCUT2D eigenvalue weighted by molar-refractivity contribution is -0.121. The van der Waals surface area contributed by atoms with E-state index in [0.717, 1.165) is 28.2 Å². The Morgan fingerprint density at radius 2 is 1.58 bits per heavy atom. The molecule has 0 fully saturated rings. The molecule has 0 aliphatic carbocycles. The molecule has 0 spiro atoms. The van der Waals surface area contributed by atoms with Gasteiger partial charge in [-0.3, -0.25) is 9.59 Å². The standard InChI is InChI=1S/C29H27FN4O2/c1-20-17-24(21(2)34(20)26-15-13-25(30)14-16-26)19-31-33-28(35)18-27(22-9-5-3-6-10-22)32-29(36)23-11-7-4-8-12-23/h3-17,19,27H,18H2,1-2H3,(H,32,36)(H,33,35)/b31-19-/t27-/m0/s1. The van der Waals surface area contributed by atoms with Gasteiger partial charge in [0.25, 0.3) is 5.91 Å². The average Bonchev–Trinajstić information content (AvgIpc) is 3.17. The highest BCUT2D eigenvalue weighted by molar-refractivity contribution is 5.94. The first kappa shape index (κ1) is 24.6. The van der Waals surface area contributed by atoms with Gasteiger partial charge in [0, 0.05) is 28.2 Å². The smallest absolute Gasteiger partial charge is 0.251 e. The molecule has 1 heterocycles. The van der Waals surface area contributed by atoms with Crippen LogP contribution in [0.15, 0.2) is 96.1 Å². The fourth-order valence-corrected chi connectivity index (χ4v) is 4.08. The molecule has 2 N–H and O–H groups in total. The lowest BCUT2D eigenvalue weighted by atomic mass is 10.0. The van der Waals surface area contributed by atoms with Gasteiger partial charge in [0.1, 0.15) is 5.82 Å². The molecule has 4 rings (SSSR count). The molecule has 1 aromatic heterocycles. The zero-order valence-corrected chi connectivity index (χ0v) is 20.1. The van der Waals surface area contributed by atoms with Crippen molar-refractivity contribution in [2.45, 2.75) is 26.3 Å². The van der Waals surface area contributed by atoms with Crippen LogP contribution in [0.2, 0.25) is 0 Å². The van der Waals surface area contributed by atoms with E-state index in [2.05, 4.69) is 15.8 Å². The number of nitrogens with one attached hydrogen (secondary N) is 2. The summed E-state index contributed by atoms with van der Waals surface area (Å²) in [6.45, 7) is 3.89. The van der Waals surface area contributed by atoms with E-state index in [1.807, 2.05) is 60.9 Å². The highest BCUT2D eigenvalue weighted by Crippen LogP contribution is 2.20. The Morgan fingerprint density at radius 3 is 2.25 bits per heavy atom. The highest BCUT2D eigenvalue weighted by Gasteiger charge is 2.19. The summed E-state index contributed by atoms with van der Waals surface area (Å²) in [5.74, 6) is -0.880. The summed E-state index contributed by atoms with van der Waals surface area (Å²) in [6, 6.07) is 25.9. The highest BCUT2D eigenvalue weighted by atomic mass is 19.1. The number of carbonyl (C=O) groups excluding carboxylic acids is 2. The number of amides is 2. The van der Waals surface area contributed by atoms with E-state index in [1.54, 1.807) is 42.6 Å². The number of aromatic nitrogens is 1. The molecule has 36 heavy (non-hydrogen) atoms. The number of hydrogen-bond acceptors (Lipinski definition) is 3. The van der Waals surface area contributed by atoms with E-state index in [9.17, 15) is 14.0 Å². The minimum Gasteiger partial charge on any atom is -0.345 e. The summed E-state index contributed by atoms with van der Waals surface area (Å²) in [5.41, 5.74) is 7.45. The van der Waals surface area contributed by atoms with Crippen molar-refractivity contribution in [1.82, 2.24) is 15.3 Å². The van der Waals surface area contributed by atoms with Crippen molar-refractivity contribution in [3.05, 3.63) is 125 Å². The summed E-state index contributed by atoms with van der Waals surface area (Å²) in [4.78, 5) is 25.4. The van der Waals surface area contributed by atoms with E-state index in [0.29, 0.717) is 5.56 Å². The number of hydrazone groups is 1. The second-order valence-corrected chi connectivity index (χ2v) is 8.44. The first-order chi connectivity index (χ1) is 17.4. The largest absolute Gasteiger partial charge is 0.345 e. The number of carbonyl (C=O) groups is 2. The number of aryl methyl sites for hydroxylation is 1. The predicted molar refractivity (Wildman–Crippen MR) is 139 cm³/mol. The van der Waals surface area contributed by atoms with Gasteiger partial charge in [0.15, 0.2) is 0 Å². The molecule has 0 unspecified atom stereocenters. The van der Waals surface area contributed by atoms with Gasteiger partial charge in [-0.25, -0.2) is 9.82 Å². The van der Waals surface area contributed by atoms with E-state index in [1.165, 1.54) is 12.1 Å². The maximum absolute atomic E-state index is 13.3. The summed E-state index contributed by atoms with van der Waals surface area (Å²) < 4.78 is 15.3. The average molecular weight is 483 g/mol. The Kier molecular flexibility index (Phi) is 7.70.